The van der Waals surface area contributed by atoms with Crippen molar-refractivity contribution in [3.63, 3.8) is 0 Å². The van der Waals surface area contributed by atoms with Gasteiger partial charge in [-0.25, -0.2) is 9.59 Å². The molecule has 0 aromatic heterocycles. The summed E-state index contributed by atoms with van der Waals surface area (Å²) in [6.45, 7) is 0. The third-order valence-electron chi connectivity index (χ3n) is 9.80. The predicted molar refractivity (Wildman–Crippen MR) is 268 cm³/mol. The molecule has 0 heterocycles. The van der Waals surface area contributed by atoms with Crippen molar-refractivity contribution in [2.75, 3.05) is 31.9 Å². The number of rotatable bonds is 12. The Labute approximate surface area is 401 Å². The van der Waals surface area contributed by atoms with E-state index in [0.29, 0.717) is 45.0 Å². The summed E-state index contributed by atoms with van der Waals surface area (Å²) in [5, 5.41) is 16.0. The number of hydrogen-bond acceptors (Lipinski definition) is 8. The van der Waals surface area contributed by atoms with Crippen LogP contribution in [0.25, 0.3) is 0 Å². The van der Waals surface area contributed by atoms with E-state index < -0.39 is 35.8 Å². The molecule has 0 atom stereocenters. The van der Waals surface area contributed by atoms with Gasteiger partial charge in [-0.1, -0.05) is 47.9 Å². The molecular weight excluding hydrogens is 885 g/mol. The molecule has 7 aromatic carbocycles. The van der Waals surface area contributed by atoms with Crippen molar-refractivity contribution in [1.29, 1.82) is 0 Å². The lowest BCUT2D eigenvalue weighted by molar-refractivity contribution is 0.101. The van der Waals surface area contributed by atoms with Gasteiger partial charge in [-0.05, 0) is 133 Å². The van der Waals surface area contributed by atoms with E-state index in [2.05, 4.69) is 55.6 Å². The Morgan fingerprint density at radius 3 is 0.814 bits per heavy atom. The van der Waals surface area contributed by atoms with E-state index in [1.54, 1.807) is 97.1 Å². The van der Waals surface area contributed by atoms with Crippen LogP contribution in [0.3, 0.4) is 0 Å². The van der Waals surface area contributed by atoms with Gasteiger partial charge in [0.05, 0.1) is 0 Å². The van der Waals surface area contributed by atoms with Crippen LogP contribution in [0.15, 0.2) is 158 Å². The normalized spacial score (nSPS) is 10.0. The van der Waals surface area contributed by atoms with Gasteiger partial charge in [0.1, 0.15) is 11.5 Å². The summed E-state index contributed by atoms with van der Waals surface area (Å²) in [6, 6.07) is 39.9. The molecule has 0 aliphatic rings. The van der Waals surface area contributed by atoms with Crippen molar-refractivity contribution >= 4 is 69.9 Å². The standard InChI is InChI=1S/C56H36N6O8/c1-5-35-13-9-17-43(25-35)57-51(63)39-29-40(52(64)58-44-18-10-14-36(6-2)26-44)32-47(31-39)61-55(67)69-49-21-23-50(24-22-49)70-56(68)62-48-33-41(53(65)59-45-19-11-15-37(7-3)27-45)30-42(34-48)54(66)60-46-20-12-16-38(8-4)28-46/h1-4,9-34H,(H,57,63)(H,58,64)(H,59,65)(H,60,66)(H,61,67)(H,62,68). The topological polar surface area (TPSA) is 193 Å². The Balaban J connectivity index is 1.04. The maximum atomic E-state index is 13.5. The van der Waals surface area contributed by atoms with Gasteiger partial charge in [-0.3, -0.25) is 29.8 Å². The molecule has 0 unspecified atom stereocenters. The molecule has 0 fully saturated rings. The largest absolute Gasteiger partial charge is 0.417 e. The van der Waals surface area contributed by atoms with Crippen molar-refractivity contribution in [3.05, 3.63) is 202 Å². The fourth-order valence-electron chi connectivity index (χ4n) is 6.56. The van der Waals surface area contributed by atoms with Crippen molar-refractivity contribution in [2.45, 2.75) is 0 Å². The van der Waals surface area contributed by atoms with Gasteiger partial charge in [0.2, 0.25) is 0 Å². The molecular formula is C56H36N6O8. The second kappa shape index (κ2) is 21.9. The van der Waals surface area contributed by atoms with E-state index >= 15 is 0 Å². The number of benzene rings is 7. The average molecular weight is 921 g/mol. The zero-order valence-electron chi connectivity index (χ0n) is 36.6. The monoisotopic (exact) mass is 920 g/mol. The molecule has 6 N–H and O–H groups in total. The molecule has 0 aliphatic carbocycles. The van der Waals surface area contributed by atoms with Crippen LogP contribution < -0.4 is 41.4 Å². The van der Waals surface area contributed by atoms with Gasteiger partial charge >= 0.3 is 12.2 Å². The summed E-state index contributed by atoms with van der Waals surface area (Å²) in [5.74, 6) is 7.61. The first-order valence-electron chi connectivity index (χ1n) is 20.8. The number of carbonyl (C=O) groups is 6. The van der Waals surface area contributed by atoms with Crippen molar-refractivity contribution in [2.24, 2.45) is 0 Å². The third kappa shape index (κ3) is 12.7. The lowest BCUT2D eigenvalue weighted by Gasteiger charge is -2.13. The van der Waals surface area contributed by atoms with Crippen molar-refractivity contribution in [1.82, 2.24) is 0 Å². The summed E-state index contributed by atoms with van der Waals surface area (Å²) in [6.07, 6.45) is 20.1. The zero-order chi connectivity index (χ0) is 49.6. The van der Waals surface area contributed by atoms with Gasteiger partial charge in [-0.2, -0.15) is 0 Å². The first-order chi connectivity index (χ1) is 33.9. The lowest BCUT2D eigenvalue weighted by atomic mass is 10.1. The summed E-state index contributed by atoms with van der Waals surface area (Å²) in [5.41, 5.74) is 3.84. The molecule has 14 nitrogen and oxygen atoms in total. The van der Waals surface area contributed by atoms with Gasteiger partial charge in [0.25, 0.3) is 23.6 Å². The molecule has 0 spiro atoms. The Bertz CT molecular complexity index is 3000. The maximum Gasteiger partial charge on any atom is 0.417 e. The van der Waals surface area contributed by atoms with E-state index in [9.17, 15) is 28.8 Å². The van der Waals surface area contributed by atoms with Crippen molar-refractivity contribution in [3.8, 4) is 60.9 Å². The first-order valence-corrected chi connectivity index (χ1v) is 20.8. The minimum atomic E-state index is -0.991. The molecule has 0 bridgehead atoms. The number of carbonyl (C=O) groups excluding carboxylic acids is 6. The molecule has 70 heavy (non-hydrogen) atoms. The highest BCUT2D eigenvalue weighted by atomic mass is 16.6. The number of ether oxygens (including phenoxy) is 2. The fourth-order valence-corrected chi connectivity index (χ4v) is 6.56. The molecule has 0 aliphatic heterocycles. The van der Waals surface area contributed by atoms with Crippen LogP contribution in [-0.4, -0.2) is 35.8 Å². The maximum absolute atomic E-state index is 13.5. The van der Waals surface area contributed by atoms with Crippen LogP contribution in [0.1, 0.15) is 63.7 Å². The molecule has 6 amide bonds. The zero-order valence-corrected chi connectivity index (χ0v) is 36.6. The first kappa shape index (κ1) is 47.2. The van der Waals surface area contributed by atoms with Crippen LogP contribution >= 0.6 is 0 Å². The molecule has 0 saturated heterocycles. The molecule has 7 rings (SSSR count). The SMILES string of the molecule is C#Cc1cccc(NC(=O)c2cc(NC(=O)Oc3ccc(OC(=O)Nc4cc(C(=O)Nc5cccc(C#C)c5)cc(C(=O)Nc5cccc(C#C)c5)c4)cc3)cc(C(=O)Nc3cccc(C#C)c3)c2)c1. The minimum absolute atomic E-state index is 0.0125. The second-order valence-corrected chi connectivity index (χ2v) is 14.8. The van der Waals surface area contributed by atoms with Gasteiger partial charge in [0.15, 0.2) is 0 Å². The highest BCUT2D eigenvalue weighted by Gasteiger charge is 2.19. The van der Waals surface area contributed by atoms with Crippen LogP contribution in [-0.2, 0) is 0 Å². The Hall–Kier alpha value is -10.8. The lowest BCUT2D eigenvalue weighted by Crippen LogP contribution is -2.20. The number of hydrogen-bond donors (Lipinski definition) is 6. The van der Waals surface area contributed by atoms with Gasteiger partial charge in [-0.15, -0.1) is 25.7 Å². The summed E-state index contributed by atoms with van der Waals surface area (Å²) in [4.78, 5) is 80.3. The number of nitrogens with one attached hydrogen (secondary N) is 6. The van der Waals surface area contributed by atoms with Gasteiger partial charge < -0.3 is 30.7 Å². The van der Waals surface area contributed by atoms with E-state index in [0.717, 1.165) is 0 Å². The van der Waals surface area contributed by atoms with E-state index in [1.807, 2.05) is 0 Å². The summed E-state index contributed by atoms with van der Waals surface area (Å²) in [7, 11) is 0. The quantitative estimate of drug-likeness (QED) is 0.0652. The number of anilines is 6. The molecule has 14 heteroatoms. The number of terminal acetylenes is 4. The predicted octanol–water partition coefficient (Wildman–Crippen LogP) is 9.84. The van der Waals surface area contributed by atoms with Crippen LogP contribution in [0, 0.1) is 49.4 Å². The van der Waals surface area contributed by atoms with E-state index in [-0.39, 0.29) is 45.1 Å². The fraction of sp³-hybridized carbons (Fsp3) is 0. The Morgan fingerprint density at radius 1 is 0.314 bits per heavy atom. The average Bonchev–Trinajstić information content (AvgIpc) is 3.36. The molecule has 338 valence electrons. The summed E-state index contributed by atoms with van der Waals surface area (Å²) < 4.78 is 10.9. The molecule has 7 aromatic rings. The van der Waals surface area contributed by atoms with Crippen molar-refractivity contribution < 1.29 is 38.2 Å². The minimum Gasteiger partial charge on any atom is -0.410 e. The van der Waals surface area contributed by atoms with Crippen LogP contribution in [0.5, 0.6) is 11.5 Å². The smallest absolute Gasteiger partial charge is 0.410 e. The van der Waals surface area contributed by atoms with Crippen LogP contribution in [0.4, 0.5) is 43.7 Å². The summed E-state index contributed by atoms with van der Waals surface area (Å²) >= 11 is 0. The Kier molecular flexibility index (Phi) is 14.8. The van der Waals surface area contributed by atoms with E-state index in [1.165, 1.54) is 60.7 Å². The van der Waals surface area contributed by atoms with Crippen LogP contribution in [0.2, 0.25) is 0 Å². The Morgan fingerprint density at radius 2 is 0.571 bits per heavy atom. The third-order valence-corrected chi connectivity index (χ3v) is 9.80. The molecule has 0 saturated carbocycles. The molecule has 0 radical (unpaired) electrons. The number of amides is 6. The highest BCUT2D eigenvalue weighted by Crippen LogP contribution is 2.24. The highest BCUT2D eigenvalue weighted by molar-refractivity contribution is 6.11. The van der Waals surface area contributed by atoms with Gasteiger partial charge in [0, 0.05) is 78.6 Å². The second-order valence-electron chi connectivity index (χ2n) is 14.8. The van der Waals surface area contributed by atoms with E-state index in [4.69, 9.17) is 35.2 Å².